The number of rotatable bonds is 4. The van der Waals surface area contributed by atoms with Gasteiger partial charge < -0.3 is 14.4 Å². The molecule has 0 spiro atoms. The van der Waals surface area contributed by atoms with E-state index in [4.69, 9.17) is 9.47 Å². The molecule has 0 aromatic heterocycles. The zero-order valence-corrected chi connectivity index (χ0v) is 14.7. The van der Waals surface area contributed by atoms with E-state index in [1.807, 2.05) is 67.5 Å². The van der Waals surface area contributed by atoms with Gasteiger partial charge in [0.2, 0.25) is 0 Å². The summed E-state index contributed by atoms with van der Waals surface area (Å²) in [7, 11) is 5.46. The molecule has 0 fully saturated rings. The first-order valence-corrected chi connectivity index (χ1v) is 8.17. The average Bonchev–Trinajstić information content (AvgIpc) is 2.65. The standard InChI is InChI=1S/C20H22N2O3/c1-21(2)16-9-10-17-18(14-16)25-12-11-22(17)20(23)19(24-3)13-15-7-5-4-6-8-15/h4-10,13-14H,11-12H2,1-3H3. The molecule has 0 unspecified atom stereocenters. The number of carbonyl (C=O) groups excluding carboxylic acids is 1. The van der Waals surface area contributed by atoms with Crippen LogP contribution in [0.5, 0.6) is 5.75 Å². The van der Waals surface area contributed by atoms with Gasteiger partial charge in [-0.15, -0.1) is 0 Å². The average molecular weight is 338 g/mol. The predicted octanol–water partition coefficient (Wildman–Crippen LogP) is 3.17. The lowest BCUT2D eigenvalue weighted by molar-refractivity contribution is -0.118. The SMILES string of the molecule is COC(=Cc1ccccc1)C(=O)N1CCOc2cc(N(C)C)ccc21. The van der Waals surface area contributed by atoms with E-state index in [-0.39, 0.29) is 5.91 Å². The van der Waals surface area contributed by atoms with Gasteiger partial charge in [0.05, 0.1) is 19.3 Å². The van der Waals surface area contributed by atoms with E-state index in [0.717, 1.165) is 16.9 Å². The molecule has 0 N–H and O–H groups in total. The first-order chi connectivity index (χ1) is 12.1. The molecule has 0 saturated carbocycles. The van der Waals surface area contributed by atoms with E-state index in [1.165, 1.54) is 7.11 Å². The molecule has 2 aromatic carbocycles. The van der Waals surface area contributed by atoms with E-state index in [1.54, 1.807) is 11.0 Å². The number of ether oxygens (including phenoxy) is 2. The second-order valence-electron chi connectivity index (χ2n) is 5.98. The van der Waals surface area contributed by atoms with Crippen LogP contribution >= 0.6 is 0 Å². The molecular formula is C20H22N2O3. The Morgan fingerprint density at radius 1 is 1.20 bits per heavy atom. The number of hydrogen-bond acceptors (Lipinski definition) is 4. The van der Waals surface area contributed by atoms with Gasteiger partial charge in [-0.2, -0.15) is 0 Å². The van der Waals surface area contributed by atoms with Crippen LogP contribution in [0.15, 0.2) is 54.3 Å². The molecule has 1 aliphatic rings. The van der Waals surface area contributed by atoms with Crippen molar-refractivity contribution < 1.29 is 14.3 Å². The Bertz CT molecular complexity index is 785. The second kappa shape index (κ2) is 7.30. The largest absolute Gasteiger partial charge is 0.491 e. The summed E-state index contributed by atoms with van der Waals surface area (Å²) in [6, 6.07) is 15.5. The summed E-state index contributed by atoms with van der Waals surface area (Å²) in [6.07, 6.45) is 1.76. The van der Waals surface area contributed by atoms with Gasteiger partial charge in [0.1, 0.15) is 12.4 Å². The Kier molecular flexibility index (Phi) is 4.93. The van der Waals surface area contributed by atoms with Crippen molar-refractivity contribution in [3.8, 4) is 5.75 Å². The van der Waals surface area contributed by atoms with Crippen molar-refractivity contribution in [2.24, 2.45) is 0 Å². The third-order valence-electron chi connectivity index (χ3n) is 4.10. The number of benzene rings is 2. The van der Waals surface area contributed by atoms with E-state index < -0.39 is 0 Å². The lowest BCUT2D eigenvalue weighted by Crippen LogP contribution is -2.39. The number of nitrogens with zero attached hydrogens (tertiary/aromatic N) is 2. The Morgan fingerprint density at radius 3 is 2.64 bits per heavy atom. The van der Waals surface area contributed by atoms with Gasteiger partial charge in [0.15, 0.2) is 5.76 Å². The van der Waals surface area contributed by atoms with Crippen LogP contribution in [0.3, 0.4) is 0 Å². The summed E-state index contributed by atoms with van der Waals surface area (Å²) in [5.74, 6) is 0.838. The molecule has 0 atom stereocenters. The van der Waals surface area contributed by atoms with Crippen LogP contribution in [0.1, 0.15) is 5.56 Å². The van der Waals surface area contributed by atoms with Crippen molar-refractivity contribution in [1.82, 2.24) is 0 Å². The monoisotopic (exact) mass is 338 g/mol. The topological polar surface area (TPSA) is 42.0 Å². The van der Waals surface area contributed by atoms with Crippen molar-refractivity contribution in [1.29, 1.82) is 0 Å². The van der Waals surface area contributed by atoms with Crippen LogP contribution in [0.4, 0.5) is 11.4 Å². The van der Waals surface area contributed by atoms with Gasteiger partial charge in [-0.25, -0.2) is 0 Å². The van der Waals surface area contributed by atoms with E-state index >= 15 is 0 Å². The minimum absolute atomic E-state index is 0.173. The van der Waals surface area contributed by atoms with Crippen LogP contribution in [0, 0.1) is 0 Å². The highest BCUT2D eigenvalue weighted by molar-refractivity contribution is 6.08. The Labute approximate surface area is 148 Å². The first-order valence-electron chi connectivity index (χ1n) is 8.17. The Balaban J connectivity index is 1.92. The van der Waals surface area contributed by atoms with Gasteiger partial charge in [-0.3, -0.25) is 9.69 Å². The molecule has 5 nitrogen and oxygen atoms in total. The quantitative estimate of drug-likeness (QED) is 0.634. The van der Waals surface area contributed by atoms with Crippen molar-refractivity contribution in [3.63, 3.8) is 0 Å². The number of carbonyl (C=O) groups is 1. The molecule has 0 bridgehead atoms. The molecule has 2 aromatic rings. The fraction of sp³-hybridized carbons (Fsp3) is 0.250. The maximum atomic E-state index is 13.0. The summed E-state index contributed by atoms with van der Waals surface area (Å²) in [4.78, 5) is 16.7. The molecule has 1 aliphatic heterocycles. The van der Waals surface area contributed by atoms with Gasteiger partial charge in [-0.05, 0) is 23.8 Å². The van der Waals surface area contributed by atoms with E-state index in [2.05, 4.69) is 0 Å². The predicted molar refractivity (Wildman–Crippen MR) is 100 cm³/mol. The smallest absolute Gasteiger partial charge is 0.293 e. The van der Waals surface area contributed by atoms with Crippen molar-refractivity contribution in [2.45, 2.75) is 0 Å². The number of amides is 1. The number of methoxy groups -OCH3 is 1. The Morgan fingerprint density at radius 2 is 1.96 bits per heavy atom. The van der Waals surface area contributed by atoms with Crippen LogP contribution in [0.2, 0.25) is 0 Å². The summed E-state index contributed by atoms with van der Waals surface area (Å²) < 4.78 is 11.1. The number of hydrogen-bond donors (Lipinski definition) is 0. The summed E-state index contributed by atoms with van der Waals surface area (Å²) in [5.41, 5.74) is 2.71. The highest BCUT2D eigenvalue weighted by atomic mass is 16.5. The second-order valence-corrected chi connectivity index (χ2v) is 5.98. The fourth-order valence-electron chi connectivity index (χ4n) is 2.74. The molecule has 5 heteroatoms. The molecule has 0 aliphatic carbocycles. The van der Waals surface area contributed by atoms with Crippen LogP contribution in [-0.2, 0) is 9.53 Å². The molecule has 25 heavy (non-hydrogen) atoms. The number of anilines is 2. The zero-order valence-electron chi connectivity index (χ0n) is 14.7. The fourth-order valence-corrected chi connectivity index (χ4v) is 2.74. The normalized spacial score (nSPS) is 13.7. The van der Waals surface area contributed by atoms with Crippen LogP contribution in [0.25, 0.3) is 6.08 Å². The molecule has 1 heterocycles. The van der Waals surface area contributed by atoms with Gasteiger partial charge in [-0.1, -0.05) is 30.3 Å². The summed E-state index contributed by atoms with van der Waals surface area (Å²) in [6.45, 7) is 0.945. The first kappa shape index (κ1) is 16.9. The maximum Gasteiger partial charge on any atom is 0.293 e. The van der Waals surface area contributed by atoms with E-state index in [9.17, 15) is 4.79 Å². The molecule has 1 amide bonds. The third kappa shape index (κ3) is 3.60. The van der Waals surface area contributed by atoms with Gasteiger partial charge >= 0.3 is 0 Å². The third-order valence-corrected chi connectivity index (χ3v) is 4.10. The van der Waals surface area contributed by atoms with Crippen molar-refractivity contribution in [3.05, 3.63) is 59.9 Å². The lowest BCUT2D eigenvalue weighted by Gasteiger charge is -2.30. The maximum absolute atomic E-state index is 13.0. The Hall–Kier alpha value is -2.95. The molecule has 0 radical (unpaired) electrons. The highest BCUT2D eigenvalue weighted by Crippen LogP contribution is 2.35. The molecule has 0 saturated heterocycles. The van der Waals surface area contributed by atoms with E-state index in [0.29, 0.717) is 24.7 Å². The molecular weight excluding hydrogens is 316 g/mol. The molecule has 130 valence electrons. The minimum atomic E-state index is -0.173. The van der Waals surface area contributed by atoms with Crippen molar-refractivity contribution in [2.75, 3.05) is 44.2 Å². The lowest BCUT2D eigenvalue weighted by atomic mass is 10.1. The zero-order chi connectivity index (χ0) is 17.8. The summed E-state index contributed by atoms with van der Waals surface area (Å²) in [5, 5.41) is 0. The van der Waals surface area contributed by atoms with Crippen LogP contribution < -0.4 is 14.5 Å². The summed E-state index contributed by atoms with van der Waals surface area (Å²) >= 11 is 0. The van der Waals surface area contributed by atoms with Crippen LogP contribution in [-0.4, -0.2) is 40.3 Å². The minimum Gasteiger partial charge on any atom is -0.491 e. The number of fused-ring (bicyclic) bond motifs is 1. The van der Waals surface area contributed by atoms with Gasteiger partial charge in [0.25, 0.3) is 5.91 Å². The van der Waals surface area contributed by atoms with Crippen molar-refractivity contribution >= 4 is 23.4 Å². The van der Waals surface area contributed by atoms with Gasteiger partial charge in [0, 0.05) is 25.8 Å². The highest BCUT2D eigenvalue weighted by Gasteiger charge is 2.27. The molecule has 3 rings (SSSR count).